The van der Waals surface area contributed by atoms with Crippen molar-refractivity contribution in [1.29, 1.82) is 0 Å². The monoisotopic (exact) mass is 297 g/mol. The number of ether oxygens (including phenoxy) is 1. The van der Waals surface area contributed by atoms with E-state index in [1.807, 2.05) is 13.0 Å². The van der Waals surface area contributed by atoms with Gasteiger partial charge in [-0.2, -0.15) is 0 Å². The number of hydrogen-bond donors (Lipinski definition) is 3. The van der Waals surface area contributed by atoms with Crippen molar-refractivity contribution in [3.63, 3.8) is 0 Å². The highest BCUT2D eigenvalue weighted by Crippen LogP contribution is 2.58. The Morgan fingerprint density at radius 3 is 2.68 bits per heavy atom. The van der Waals surface area contributed by atoms with Gasteiger partial charge in [-0.25, -0.2) is 0 Å². The fraction of sp³-hybridized carbons (Fsp3) is 0.235. The van der Waals surface area contributed by atoms with Crippen molar-refractivity contribution in [2.75, 3.05) is 5.73 Å². The number of nitrogens with two attached hydrogens (primary N) is 1. The van der Waals surface area contributed by atoms with E-state index in [1.54, 1.807) is 30.3 Å². The minimum Gasteiger partial charge on any atom is -0.454 e. The summed E-state index contributed by atoms with van der Waals surface area (Å²) in [6.45, 7) is 1.99. The fourth-order valence-electron chi connectivity index (χ4n) is 3.40. The van der Waals surface area contributed by atoms with Gasteiger partial charge in [0.25, 0.3) is 5.79 Å². The lowest BCUT2D eigenvalue weighted by atomic mass is 9.86. The Labute approximate surface area is 127 Å². The summed E-state index contributed by atoms with van der Waals surface area (Å²) < 4.78 is 5.64. The van der Waals surface area contributed by atoms with Gasteiger partial charge in [0.2, 0.25) is 11.4 Å². The molecule has 4 rings (SSSR count). The molecule has 1 aliphatic carbocycles. The first-order valence-electron chi connectivity index (χ1n) is 7.14. The third-order valence-corrected chi connectivity index (χ3v) is 4.61. The van der Waals surface area contributed by atoms with Crippen molar-refractivity contribution in [3.05, 3.63) is 58.7 Å². The number of fused-ring (bicyclic) bond motifs is 5. The quantitative estimate of drug-likeness (QED) is 0.693. The highest BCUT2D eigenvalue weighted by molar-refractivity contribution is 6.12. The number of ketones is 1. The van der Waals surface area contributed by atoms with Crippen LogP contribution in [0.25, 0.3) is 0 Å². The molecule has 1 heterocycles. The van der Waals surface area contributed by atoms with E-state index in [2.05, 4.69) is 0 Å². The molecule has 1 aliphatic heterocycles. The lowest BCUT2D eigenvalue weighted by Gasteiger charge is -2.28. The molecule has 2 aromatic carbocycles. The molecule has 0 amide bonds. The molecular formula is C17H15NO4. The molecule has 2 aromatic rings. The summed E-state index contributed by atoms with van der Waals surface area (Å²) in [5.74, 6) is -2.44. The van der Waals surface area contributed by atoms with Gasteiger partial charge in [0.15, 0.2) is 0 Å². The van der Waals surface area contributed by atoms with Gasteiger partial charge in [-0.15, -0.1) is 0 Å². The molecule has 0 aromatic heterocycles. The van der Waals surface area contributed by atoms with Crippen molar-refractivity contribution < 1.29 is 19.7 Å². The molecule has 0 bridgehead atoms. The second kappa shape index (κ2) is 3.88. The normalized spacial score (nSPS) is 28.0. The highest BCUT2D eigenvalue weighted by atomic mass is 16.7. The van der Waals surface area contributed by atoms with E-state index in [-0.39, 0.29) is 22.4 Å². The third-order valence-electron chi connectivity index (χ3n) is 4.61. The number of Topliss-reactive ketones (excluding diaryl/α,β-unsaturated/α-hetero) is 1. The summed E-state index contributed by atoms with van der Waals surface area (Å²) in [6, 6.07) is 9.91. The average Bonchev–Trinajstić information content (AvgIpc) is 2.84. The molecule has 2 atom stereocenters. The second-order valence-corrected chi connectivity index (χ2v) is 5.74. The molecule has 0 fully saturated rings. The van der Waals surface area contributed by atoms with E-state index in [9.17, 15) is 15.0 Å². The number of carbonyl (C=O) groups excluding carboxylic acids is 1. The first kappa shape index (κ1) is 13.3. The largest absolute Gasteiger partial charge is 0.454 e. The molecule has 2 unspecified atom stereocenters. The van der Waals surface area contributed by atoms with Gasteiger partial charge in [0, 0.05) is 16.8 Å². The number of nitrogen functional groups attached to an aromatic ring is 1. The maximum atomic E-state index is 12.8. The third kappa shape index (κ3) is 1.24. The topological polar surface area (TPSA) is 92.8 Å². The smallest absolute Gasteiger partial charge is 0.276 e. The molecule has 0 saturated heterocycles. The van der Waals surface area contributed by atoms with Crippen LogP contribution in [0.1, 0.15) is 34.0 Å². The Hall–Kier alpha value is -2.37. The van der Waals surface area contributed by atoms with Crippen LogP contribution in [0.2, 0.25) is 0 Å². The molecule has 0 spiro atoms. The van der Waals surface area contributed by atoms with E-state index < -0.39 is 17.2 Å². The number of aryl methyl sites for hydroxylation is 1. The number of hydrogen-bond acceptors (Lipinski definition) is 5. The summed E-state index contributed by atoms with van der Waals surface area (Å²) in [4.78, 5) is 12.8. The van der Waals surface area contributed by atoms with Crippen LogP contribution in [0.5, 0.6) is 5.75 Å². The zero-order valence-electron chi connectivity index (χ0n) is 12.0. The van der Waals surface area contributed by atoms with Crippen LogP contribution in [0.15, 0.2) is 36.4 Å². The van der Waals surface area contributed by atoms with E-state index in [1.165, 1.54) is 0 Å². The van der Waals surface area contributed by atoms with Crippen LogP contribution in [0, 0.1) is 0 Å². The standard InChI is InChI=1S/C17H15NO4/c1-2-9-6-7-10-13(8-9)22-17(21)11-4-3-5-12(18)14(11)15(19)16(10,17)20/h3-8,20-21H,2,18H2,1H3. The average molecular weight is 297 g/mol. The predicted molar refractivity (Wildman–Crippen MR) is 79.4 cm³/mol. The zero-order chi connectivity index (χ0) is 15.7. The molecule has 5 heteroatoms. The maximum Gasteiger partial charge on any atom is 0.276 e. The predicted octanol–water partition coefficient (Wildman–Crippen LogP) is 1.45. The van der Waals surface area contributed by atoms with Crippen LogP contribution < -0.4 is 10.5 Å². The van der Waals surface area contributed by atoms with E-state index in [4.69, 9.17) is 10.5 Å². The van der Waals surface area contributed by atoms with Crippen LogP contribution in [-0.2, 0) is 17.8 Å². The second-order valence-electron chi connectivity index (χ2n) is 5.74. The van der Waals surface area contributed by atoms with Gasteiger partial charge in [-0.1, -0.05) is 31.2 Å². The Morgan fingerprint density at radius 1 is 1.18 bits per heavy atom. The van der Waals surface area contributed by atoms with Gasteiger partial charge in [-0.05, 0) is 24.1 Å². The minimum absolute atomic E-state index is 0.123. The zero-order valence-corrected chi connectivity index (χ0v) is 12.0. The molecule has 2 aliphatic rings. The van der Waals surface area contributed by atoms with Crippen molar-refractivity contribution in [2.45, 2.75) is 24.7 Å². The first-order chi connectivity index (χ1) is 10.4. The Morgan fingerprint density at radius 2 is 1.95 bits per heavy atom. The van der Waals surface area contributed by atoms with Gasteiger partial charge < -0.3 is 20.7 Å². The van der Waals surface area contributed by atoms with Crippen LogP contribution in [0.4, 0.5) is 5.69 Å². The van der Waals surface area contributed by atoms with E-state index in [0.717, 1.165) is 12.0 Å². The lowest BCUT2D eigenvalue weighted by molar-refractivity contribution is -0.224. The Balaban J connectivity index is 2.01. The van der Waals surface area contributed by atoms with Crippen molar-refractivity contribution in [2.24, 2.45) is 0 Å². The van der Waals surface area contributed by atoms with Crippen molar-refractivity contribution in [1.82, 2.24) is 0 Å². The number of aliphatic hydroxyl groups is 2. The number of carbonyl (C=O) groups is 1. The van der Waals surface area contributed by atoms with Gasteiger partial charge in [0.1, 0.15) is 5.75 Å². The summed E-state index contributed by atoms with van der Waals surface area (Å²) in [5.41, 5.74) is 5.50. The van der Waals surface area contributed by atoms with Gasteiger partial charge in [-0.3, -0.25) is 4.79 Å². The minimum atomic E-state index is -2.16. The van der Waals surface area contributed by atoms with Crippen molar-refractivity contribution >= 4 is 11.5 Å². The van der Waals surface area contributed by atoms with E-state index in [0.29, 0.717) is 5.75 Å². The van der Waals surface area contributed by atoms with Crippen LogP contribution in [0.3, 0.4) is 0 Å². The number of anilines is 1. The highest BCUT2D eigenvalue weighted by Gasteiger charge is 2.70. The van der Waals surface area contributed by atoms with Crippen LogP contribution in [-0.4, -0.2) is 16.0 Å². The van der Waals surface area contributed by atoms with Gasteiger partial charge >= 0.3 is 0 Å². The molecule has 22 heavy (non-hydrogen) atoms. The van der Waals surface area contributed by atoms with Gasteiger partial charge in [0.05, 0.1) is 5.56 Å². The molecule has 5 nitrogen and oxygen atoms in total. The summed E-state index contributed by atoms with van der Waals surface area (Å²) in [5, 5.41) is 22.0. The lowest BCUT2D eigenvalue weighted by Crippen LogP contribution is -2.48. The van der Waals surface area contributed by atoms with Crippen molar-refractivity contribution in [3.8, 4) is 5.75 Å². The van der Waals surface area contributed by atoms with Crippen LogP contribution >= 0.6 is 0 Å². The van der Waals surface area contributed by atoms with E-state index >= 15 is 0 Å². The summed E-state index contributed by atoms with van der Waals surface area (Å²) >= 11 is 0. The molecule has 0 saturated carbocycles. The molecular weight excluding hydrogens is 282 g/mol. The first-order valence-corrected chi connectivity index (χ1v) is 7.14. The SMILES string of the molecule is CCc1ccc2c(c1)OC1(O)c3cccc(N)c3C(=O)C21O. The number of rotatable bonds is 1. The summed E-state index contributed by atoms with van der Waals surface area (Å²) in [6.07, 6.45) is 0.783. The Kier molecular flexibility index (Phi) is 2.35. The fourth-order valence-corrected chi connectivity index (χ4v) is 3.40. The summed E-state index contributed by atoms with van der Waals surface area (Å²) in [7, 11) is 0. The Bertz CT molecular complexity index is 831. The molecule has 112 valence electrons. The maximum absolute atomic E-state index is 12.8. The molecule has 0 radical (unpaired) electrons. The number of benzene rings is 2. The molecule has 4 N–H and O–H groups in total.